The number of hydrogen-bond acceptors (Lipinski definition) is 4. The van der Waals surface area contributed by atoms with Crippen LogP contribution in [0, 0.1) is 6.92 Å². The summed E-state index contributed by atoms with van der Waals surface area (Å²) in [5.74, 6) is 0.930. The van der Waals surface area contributed by atoms with Crippen LogP contribution in [0.4, 0.5) is 4.79 Å². The van der Waals surface area contributed by atoms with Gasteiger partial charge in [-0.3, -0.25) is 9.69 Å². The van der Waals surface area contributed by atoms with Crippen molar-refractivity contribution in [2.24, 2.45) is 0 Å². The van der Waals surface area contributed by atoms with Gasteiger partial charge < -0.3 is 14.8 Å². The van der Waals surface area contributed by atoms with E-state index in [1.165, 1.54) is 4.90 Å². The van der Waals surface area contributed by atoms with E-state index in [0.29, 0.717) is 30.3 Å². The van der Waals surface area contributed by atoms with E-state index >= 15 is 0 Å². The van der Waals surface area contributed by atoms with Crippen LogP contribution in [0.25, 0.3) is 6.08 Å². The Morgan fingerprint density at radius 2 is 1.82 bits per heavy atom. The molecule has 0 aromatic heterocycles. The summed E-state index contributed by atoms with van der Waals surface area (Å²) < 4.78 is 11.2. The monoisotopic (exact) mass is 380 g/mol. The average molecular weight is 380 g/mol. The molecule has 6 heteroatoms. The summed E-state index contributed by atoms with van der Waals surface area (Å²) in [6.45, 7) is 7.02. The Bertz CT molecular complexity index is 921. The van der Waals surface area contributed by atoms with Crippen molar-refractivity contribution in [3.05, 3.63) is 64.9 Å². The summed E-state index contributed by atoms with van der Waals surface area (Å²) >= 11 is 0. The summed E-state index contributed by atoms with van der Waals surface area (Å²) in [6.07, 6.45) is 1.64. The highest BCUT2D eigenvalue weighted by Gasteiger charge is 2.33. The van der Waals surface area contributed by atoms with Crippen LogP contribution in [0.2, 0.25) is 0 Å². The Morgan fingerprint density at radius 3 is 2.54 bits per heavy atom. The van der Waals surface area contributed by atoms with Gasteiger partial charge in [-0.2, -0.15) is 0 Å². The van der Waals surface area contributed by atoms with Crippen LogP contribution in [0.3, 0.4) is 0 Å². The number of carbonyl (C=O) groups is 2. The van der Waals surface area contributed by atoms with E-state index in [1.54, 1.807) is 12.1 Å². The molecule has 3 amide bonds. The predicted molar refractivity (Wildman–Crippen MR) is 107 cm³/mol. The molecule has 0 aliphatic carbocycles. The van der Waals surface area contributed by atoms with E-state index in [4.69, 9.17) is 9.47 Å². The number of nitrogens with zero attached hydrogens (tertiary/aromatic N) is 1. The topological polar surface area (TPSA) is 67.9 Å². The Morgan fingerprint density at radius 1 is 1.04 bits per heavy atom. The summed E-state index contributed by atoms with van der Waals surface area (Å²) in [4.78, 5) is 26.3. The number of urea groups is 1. The standard InChI is InChI=1S/C22H24N2O4/c1-4-27-18-10-9-17(20(13-18)28-5-2)12-19-21(25)24(22(26)23-19)14-16-8-6-7-15(3)11-16/h6-13H,4-5,14H2,1-3H3,(H,23,26)/b19-12+. The lowest BCUT2D eigenvalue weighted by Gasteiger charge is -2.12. The third-order valence-electron chi connectivity index (χ3n) is 4.28. The van der Waals surface area contributed by atoms with E-state index in [1.807, 2.05) is 57.2 Å². The first-order valence-electron chi connectivity index (χ1n) is 9.31. The van der Waals surface area contributed by atoms with E-state index in [9.17, 15) is 9.59 Å². The third kappa shape index (κ3) is 4.34. The summed E-state index contributed by atoms with van der Waals surface area (Å²) in [5, 5.41) is 2.66. The van der Waals surface area contributed by atoms with Gasteiger partial charge in [-0.15, -0.1) is 0 Å². The van der Waals surface area contributed by atoms with Crippen LogP contribution in [-0.2, 0) is 11.3 Å². The number of nitrogens with one attached hydrogen (secondary N) is 1. The normalized spacial score (nSPS) is 15.1. The van der Waals surface area contributed by atoms with Crippen molar-refractivity contribution in [3.63, 3.8) is 0 Å². The Hall–Kier alpha value is -3.28. The fourth-order valence-electron chi connectivity index (χ4n) is 3.03. The molecule has 6 nitrogen and oxygen atoms in total. The lowest BCUT2D eigenvalue weighted by Crippen LogP contribution is -2.30. The molecule has 28 heavy (non-hydrogen) atoms. The second kappa shape index (κ2) is 8.61. The number of imide groups is 1. The van der Waals surface area contributed by atoms with Crippen molar-refractivity contribution in [3.8, 4) is 11.5 Å². The van der Waals surface area contributed by atoms with E-state index in [-0.39, 0.29) is 18.1 Å². The van der Waals surface area contributed by atoms with Crippen molar-refractivity contribution in [2.75, 3.05) is 13.2 Å². The lowest BCUT2D eigenvalue weighted by molar-refractivity contribution is -0.123. The maximum absolute atomic E-state index is 12.8. The van der Waals surface area contributed by atoms with Crippen molar-refractivity contribution in [1.29, 1.82) is 0 Å². The van der Waals surface area contributed by atoms with Gasteiger partial charge in [0.05, 0.1) is 19.8 Å². The molecule has 0 atom stereocenters. The van der Waals surface area contributed by atoms with Gasteiger partial charge in [0.25, 0.3) is 5.91 Å². The molecule has 146 valence electrons. The van der Waals surface area contributed by atoms with Crippen LogP contribution >= 0.6 is 0 Å². The Balaban J connectivity index is 1.85. The molecular weight excluding hydrogens is 356 g/mol. The molecule has 0 spiro atoms. The molecule has 1 aliphatic heterocycles. The number of aryl methyl sites for hydroxylation is 1. The highest BCUT2D eigenvalue weighted by atomic mass is 16.5. The fourth-order valence-corrected chi connectivity index (χ4v) is 3.03. The zero-order valence-corrected chi connectivity index (χ0v) is 16.3. The zero-order chi connectivity index (χ0) is 20.1. The highest BCUT2D eigenvalue weighted by molar-refractivity contribution is 6.14. The smallest absolute Gasteiger partial charge is 0.329 e. The average Bonchev–Trinajstić information content (AvgIpc) is 2.92. The molecule has 1 saturated heterocycles. The second-order valence-electron chi connectivity index (χ2n) is 6.43. The number of amides is 3. The summed E-state index contributed by atoms with van der Waals surface area (Å²) in [6, 6.07) is 12.7. The van der Waals surface area contributed by atoms with Gasteiger partial charge in [0.15, 0.2) is 0 Å². The van der Waals surface area contributed by atoms with Gasteiger partial charge in [0, 0.05) is 11.6 Å². The van der Waals surface area contributed by atoms with E-state index < -0.39 is 6.03 Å². The SMILES string of the molecule is CCOc1ccc(/C=C2/NC(=O)N(Cc3cccc(C)c3)C2=O)c(OCC)c1. The van der Waals surface area contributed by atoms with Gasteiger partial charge >= 0.3 is 6.03 Å². The highest BCUT2D eigenvalue weighted by Crippen LogP contribution is 2.28. The maximum Gasteiger partial charge on any atom is 0.329 e. The van der Waals surface area contributed by atoms with Crippen molar-refractivity contribution < 1.29 is 19.1 Å². The van der Waals surface area contributed by atoms with Crippen molar-refractivity contribution >= 4 is 18.0 Å². The Kier molecular flexibility index (Phi) is 5.99. The largest absolute Gasteiger partial charge is 0.494 e. The van der Waals surface area contributed by atoms with Gasteiger partial charge in [-0.1, -0.05) is 29.8 Å². The van der Waals surface area contributed by atoms with Crippen molar-refractivity contribution in [1.82, 2.24) is 10.2 Å². The molecule has 0 unspecified atom stereocenters. The molecule has 1 heterocycles. The van der Waals surface area contributed by atoms with E-state index in [0.717, 1.165) is 11.1 Å². The first kappa shape index (κ1) is 19.5. The molecular formula is C22H24N2O4. The summed E-state index contributed by atoms with van der Waals surface area (Å²) in [7, 11) is 0. The molecule has 2 aromatic carbocycles. The minimum atomic E-state index is -0.429. The van der Waals surface area contributed by atoms with Crippen LogP contribution in [0.15, 0.2) is 48.2 Å². The maximum atomic E-state index is 12.8. The van der Waals surface area contributed by atoms with Crippen LogP contribution in [-0.4, -0.2) is 30.1 Å². The first-order chi connectivity index (χ1) is 13.5. The zero-order valence-electron chi connectivity index (χ0n) is 16.3. The molecule has 1 aliphatic rings. The number of ether oxygens (including phenoxy) is 2. The molecule has 1 fully saturated rings. The molecule has 1 N–H and O–H groups in total. The van der Waals surface area contributed by atoms with Gasteiger partial charge in [-0.25, -0.2) is 4.79 Å². The first-order valence-corrected chi connectivity index (χ1v) is 9.31. The Labute approximate surface area is 164 Å². The molecule has 3 rings (SSSR count). The molecule has 2 aromatic rings. The molecule has 0 saturated carbocycles. The van der Waals surface area contributed by atoms with Gasteiger partial charge in [0.1, 0.15) is 17.2 Å². The van der Waals surface area contributed by atoms with E-state index in [2.05, 4.69) is 5.32 Å². The lowest BCUT2D eigenvalue weighted by atomic mass is 10.1. The van der Waals surface area contributed by atoms with Crippen LogP contribution in [0.1, 0.15) is 30.5 Å². The molecule has 0 radical (unpaired) electrons. The van der Waals surface area contributed by atoms with Gasteiger partial charge in [-0.05, 0) is 44.5 Å². The number of rotatable bonds is 7. The number of carbonyl (C=O) groups excluding carboxylic acids is 2. The number of hydrogen-bond donors (Lipinski definition) is 1. The third-order valence-corrected chi connectivity index (χ3v) is 4.28. The summed E-state index contributed by atoms with van der Waals surface area (Å²) in [5.41, 5.74) is 2.91. The van der Waals surface area contributed by atoms with Crippen LogP contribution < -0.4 is 14.8 Å². The minimum Gasteiger partial charge on any atom is -0.494 e. The van der Waals surface area contributed by atoms with Crippen LogP contribution in [0.5, 0.6) is 11.5 Å². The van der Waals surface area contributed by atoms with Gasteiger partial charge in [0.2, 0.25) is 0 Å². The molecule has 0 bridgehead atoms. The van der Waals surface area contributed by atoms with Crippen molar-refractivity contribution in [2.45, 2.75) is 27.3 Å². The predicted octanol–water partition coefficient (Wildman–Crippen LogP) is 3.89. The fraction of sp³-hybridized carbons (Fsp3) is 0.273. The quantitative estimate of drug-likeness (QED) is 0.585. The number of benzene rings is 2. The minimum absolute atomic E-state index is 0.225. The second-order valence-corrected chi connectivity index (χ2v) is 6.43.